The molecule has 1 aromatic carbocycles. The van der Waals surface area contributed by atoms with E-state index in [1.54, 1.807) is 23.1 Å². The van der Waals surface area contributed by atoms with Gasteiger partial charge in [-0.05, 0) is 18.2 Å². The van der Waals surface area contributed by atoms with Gasteiger partial charge < -0.3 is 25.8 Å². The molecule has 0 saturated heterocycles. The average molecular weight is 292 g/mol. The molecule has 2 rings (SSSR count). The number of carbonyl (C=O) groups excluding carboxylic acids is 2. The monoisotopic (exact) mass is 292 g/mol. The lowest BCUT2D eigenvalue weighted by Gasteiger charge is -2.29. The Morgan fingerprint density at radius 1 is 1.57 bits per heavy atom. The van der Waals surface area contributed by atoms with Crippen LogP contribution in [0.1, 0.15) is 6.42 Å². The van der Waals surface area contributed by atoms with Crippen molar-refractivity contribution in [3.05, 3.63) is 24.3 Å². The predicted octanol–water partition coefficient (Wildman–Crippen LogP) is -0.962. The molecule has 1 aliphatic rings. The van der Waals surface area contributed by atoms with Gasteiger partial charge in [-0.1, -0.05) is 6.07 Å². The molecule has 0 aromatic heterocycles. The molecule has 1 aliphatic heterocycles. The summed E-state index contributed by atoms with van der Waals surface area (Å²) in [6.45, 7) is 0.331. The van der Waals surface area contributed by atoms with Crippen molar-refractivity contribution in [2.24, 2.45) is 5.73 Å². The number of aliphatic hydroxyl groups excluding tert-OH is 1. The largest absolute Gasteiger partial charge is 0.491 e. The van der Waals surface area contributed by atoms with Crippen LogP contribution in [-0.2, 0) is 9.59 Å². The van der Waals surface area contributed by atoms with Gasteiger partial charge >= 0.3 is 0 Å². The number of ether oxygens (including phenoxy) is 1. The Morgan fingerprint density at radius 2 is 2.38 bits per heavy atom. The van der Waals surface area contributed by atoms with Crippen molar-refractivity contribution < 1.29 is 19.4 Å². The third-order valence-corrected chi connectivity index (χ3v) is 3.21. The van der Waals surface area contributed by atoms with Crippen molar-refractivity contribution in [1.82, 2.24) is 5.32 Å². The molecule has 0 aliphatic carbocycles. The standard InChI is InChI=1S/C14H18N3O4/c15-14(20)11-5-8-21-12-4-2-1-3-10(12)17(11)9-13(19)16-6-7-18/h2-4,11,18H,5-9H2,(H2,15,20)(H,16,19). The number of hydrogen-bond donors (Lipinski definition) is 3. The molecule has 1 atom stereocenters. The summed E-state index contributed by atoms with van der Waals surface area (Å²) < 4.78 is 5.58. The van der Waals surface area contributed by atoms with Gasteiger partial charge in [-0.3, -0.25) is 9.59 Å². The van der Waals surface area contributed by atoms with Crippen molar-refractivity contribution in [3.63, 3.8) is 0 Å². The maximum absolute atomic E-state index is 11.9. The van der Waals surface area contributed by atoms with Gasteiger partial charge in [-0.25, -0.2) is 0 Å². The van der Waals surface area contributed by atoms with E-state index in [0.717, 1.165) is 0 Å². The molecule has 2 amide bonds. The molecule has 0 bridgehead atoms. The third-order valence-electron chi connectivity index (χ3n) is 3.21. The Hall–Kier alpha value is -2.28. The number of hydrogen-bond acceptors (Lipinski definition) is 5. The van der Waals surface area contributed by atoms with Crippen molar-refractivity contribution in [2.45, 2.75) is 12.5 Å². The van der Waals surface area contributed by atoms with Crippen LogP contribution in [0.3, 0.4) is 0 Å². The number of rotatable bonds is 5. The van der Waals surface area contributed by atoms with E-state index in [4.69, 9.17) is 15.6 Å². The van der Waals surface area contributed by atoms with E-state index in [1.807, 2.05) is 0 Å². The fourth-order valence-corrected chi connectivity index (χ4v) is 2.26. The smallest absolute Gasteiger partial charge is 0.240 e. The maximum atomic E-state index is 11.9. The first kappa shape index (κ1) is 15.1. The molecule has 1 heterocycles. The van der Waals surface area contributed by atoms with Crippen LogP contribution >= 0.6 is 0 Å². The second kappa shape index (κ2) is 6.94. The number of nitrogens with zero attached hydrogens (tertiary/aromatic N) is 1. The highest BCUT2D eigenvalue weighted by Gasteiger charge is 2.30. The number of anilines is 1. The fourth-order valence-electron chi connectivity index (χ4n) is 2.26. The summed E-state index contributed by atoms with van der Waals surface area (Å²) >= 11 is 0. The molecule has 4 N–H and O–H groups in total. The van der Waals surface area contributed by atoms with Gasteiger partial charge in [0.15, 0.2) is 0 Å². The maximum Gasteiger partial charge on any atom is 0.240 e. The Bertz CT molecular complexity index is 521. The summed E-state index contributed by atoms with van der Waals surface area (Å²) in [5.41, 5.74) is 6.05. The Kier molecular flexibility index (Phi) is 4.99. The van der Waals surface area contributed by atoms with E-state index < -0.39 is 11.9 Å². The van der Waals surface area contributed by atoms with Crippen LogP contribution < -0.4 is 20.7 Å². The van der Waals surface area contributed by atoms with Gasteiger partial charge in [-0.2, -0.15) is 0 Å². The highest BCUT2D eigenvalue weighted by molar-refractivity contribution is 5.89. The topological polar surface area (TPSA) is 105 Å². The Balaban J connectivity index is 2.26. The quantitative estimate of drug-likeness (QED) is 0.648. The zero-order valence-corrected chi connectivity index (χ0v) is 11.5. The summed E-state index contributed by atoms with van der Waals surface area (Å²) in [5, 5.41) is 11.3. The normalized spacial score (nSPS) is 17.4. The number of primary amides is 1. The molecule has 0 saturated carbocycles. The number of aliphatic hydroxyl groups is 1. The number of benzene rings is 1. The molecule has 21 heavy (non-hydrogen) atoms. The van der Waals surface area contributed by atoms with Gasteiger partial charge in [0.1, 0.15) is 11.8 Å². The van der Waals surface area contributed by atoms with E-state index >= 15 is 0 Å². The molecule has 113 valence electrons. The highest BCUT2D eigenvalue weighted by atomic mass is 16.5. The lowest BCUT2D eigenvalue weighted by molar-refractivity contribution is -0.120. The first-order valence-corrected chi connectivity index (χ1v) is 6.70. The fraction of sp³-hybridized carbons (Fsp3) is 0.429. The van der Waals surface area contributed by atoms with Gasteiger partial charge in [0.05, 0.1) is 25.4 Å². The van der Waals surface area contributed by atoms with Crippen LogP contribution in [0.2, 0.25) is 0 Å². The predicted molar refractivity (Wildman–Crippen MR) is 75.8 cm³/mol. The highest BCUT2D eigenvalue weighted by Crippen LogP contribution is 2.32. The Labute approximate surface area is 122 Å². The minimum atomic E-state index is -0.623. The molecular formula is C14H18N3O4. The molecule has 0 spiro atoms. The summed E-state index contributed by atoms with van der Waals surface area (Å²) in [6, 6.07) is 7.38. The molecule has 0 fully saturated rings. The van der Waals surface area contributed by atoms with Crippen LogP contribution in [0.5, 0.6) is 5.75 Å². The number of amides is 2. The number of carbonyl (C=O) groups is 2. The van der Waals surface area contributed by atoms with Crippen LogP contribution in [-0.4, -0.2) is 49.3 Å². The van der Waals surface area contributed by atoms with E-state index in [0.29, 0.717) is 24.5 Å². The van der Waals surface area contributed by atoms with Gasteiger partial charge in [0, 0.05) is 13.0 Å². The molecular weight excluding hydrogens is 274 g/mol. The number of fused-ring (bicyclic) bond motifs is 1. The molecule has 1 unspecified atom stereocenters. The van der Waals surface area contributed by atoms with Crippen molar-refractivity contribution in [1.29, 1.82) is 0 Å². The van der Waals surface area contributed by atoms with Crippen molar-refractivity contribution >= 4 is 17.5 Å². The summed E-state index contributed by atoms with van der Waals surface area (Å²) in [4.78, 5) is 25.2. The third kappa shape index (κ3) is 3.63. The van der Waals surface area contributed by atoms with E-state index in [9.17, 15) is 9.59 Å². The SMILES string of the molecule is NC(=O)C1CCOc2cc[c]cc2N1CC(=O)NCCO. The molecule has 7 nitrogen and oxygen atoms in total. The summed E-state index contributed by atoms with van der Waals surface area (Å²) in [5.74, 6) is -0.218. The zero-order chi connectivity index (χ0) is 15.2. The molecule has 1 radical (unpaired) electrons. The number of nitrogens with two attached hydrogens (primary N) is 1. The molecule has 1 aromatic rings. The van der Waals surface area contributed by atoms with Crippen LogP contribution in [0.25, 0.3) is 0 Å². The van der Waals surface area contributed by atoms with E-state index in [2.05, 4.69) is 11.4 Å². The Morgan fingerprint density at radius 3 is 3.10 bits per heavy atom. The second-order valence-electron chi connectivity index (χ2n) is 4.65. The second-order valence-corrected chi connectivity index (χ2v) is 4.65. The van der Waals surface area contributed by atoms with E-state index in [-0.39, 0.29) is 25.6 Å². The van der Waals surface area contributed by atoms with Crippen LogP contribution in [0.15, 0.2) is 18.2 Å². The van der Waals surface area contributed by atoms with E-state index in [1.165, 1.54) is 0 Å². The van der Waals surface area contributed by atoms with Crippen molar-refractivity contribution in [2.75, 3.05) is 31.2 Å². The van der Waals surface area contributed by atoms with Gasteiger partial charge in [0.2, 0.25) is 11.8 Å². The van der Waals surface area contributed by atoms with Crippen LogP contribution in [0, 0.1) is 6.07 Å². The lowest BCUT2D eigenvalue weighted by atomic mass is 10.1. The first-order valence-electron chi connectivity index (χ1n) is 6.70. The minimum Gasteiger partial charge on any atom is -0.491 e. The number of nitrogens with one attached hydrogen (secondary N) is 1. The molecule has 7 heteroatoms. The average Bonchev–Trinajstić information content (AvgIpc) is 2.65. The van der Waals surface area contributed by atoms with Crippen LogP contribution in [0.4, 0.5) is 5.69 Å². The lowest BCUT2D eigenvalue weighted by Crippen LogP contribution is -2.49. The van der Waals surface area contributed by atoms with Crippen molar-refractivity contribution in [3.8, 4) is 5.75 Å². The summed E-state index contributed by atoms with van der Waals surface area (Å²) in [7, 11) is 0. The van der Waals surface area contributed by atoms with Gasteiger partial charge in [0.25, 0.3) is 0 Å². The zero-order valence-electron chi connectivity index (χ0n) is 11.5. The first-order chi connectivity index (χ1) is 10.1. The summed E-state index contributed by atoms with van der Waals surface area (Å²) in [6.07, 6.45) is 0.400. The minimum absolute atomic E-state index is 0.0399. The van der Waals surface area contributed by atoms with Gasteiger partial charge in [-0.15, -0.1) is 0 Å².